The summed E-state index contributed by atoms with van der Waals surface area (Å²) in [4.78, 5) is 2.51. The van der Waals surface area contributed by atoms with Crippen molar-refractivity contribution in [3.8, 4) is 0 Å². The Kier molecular flexibility index (Phi) is 2.72. The molecule has 1 aromatic rings. The van der Waals surface area contributed by atoms with Crippen LogP contribution in [0.15, 0.2) is 24.3 Å². The summed E-state index contributed by atoms with van der Waals surface area (Å²) < 4.78 is 0. The Morgan fingerprint density at radius 1 is 1.19 bits per heavy atom. The third-order valence-electron chi connectivity index (χ3n) is 4.41. The molecule has 0 spiro atoms. The molecule has 0 N–H and O–H groups in total. The van der Waals surface area contributed by atoms with Gasteiger partial charge in [0.05, 0.1) is 0 Å². The average molecular weight is 215 g/mol. The summed E-state index contributed by atoms with van der Waals surface area (Å²) in [5.41, 5.74) is 3.29. The van der Waals surface area contributed by atoms with E-state index in [0.717, 1.165) is 11.8 Å². The summed E-state index contributed by atoms with van der Waals surface area (Å²) in [5.74, 6) is 1.75. The predicted molar refractivity (Wildman–Crippen MR) is 67.7 cm³/mol. The molecule has 1 saturated heterocycles. The van der Waals surface area contributed by atoms with Crippen LogP contribution in [-0.4, -0.2) is 25.0 Å². The van der Waals surface area contributed by atoms with Gasteiger partial charge < -0.3 is 4.90 Å². The Morgan fingerprint density at radius 2 is 2.06 bits per heavy atom. The molecule has 3 rings (SSSR count). The van der Waals surface area contributed by atoms with Crippen molar-refractivity contribution in [3.63, 3.8) is 0 Å². The first kappa shape index (κ1) is 10.3. The van der Waals surface area contributed by atoms with Gasteiger partial charge in [-0.1, -0.05) is 24.3 Å². The van der Waals surface area contributed by atoms with Gasteiger partial charge in [-0.2, -0.15) is 0 Å². The Morgan fingerprint density at radius 3 is 3.00 bits per heavy atom. The maximum Gasteiger partial charge on any atom is 0.00125 e. The Balaban J connectivity index is 1.95. The highest BCUT2D eigenvalue weighted by atomic mass is 15.1. The molecule has 2 atom stereocenters. The van der Waals surface area contributed by atoms with Gasteiger partial charge in [-0.05, 0) is 62.2 Å². The minimum Gasteiger partial charge on any atom is -0.306 e. The van der Waals surface area contributed by atoms with Crippen LogP contribution < -0.4 is 0 Å². The molecule has 2 unspecified atom stereocenters. The molecule has 1 nitrogen and oxygen atoms in total. The molecule has 1 heteroatoms. The molecule has 0 radical (unpaired) electrons. The van der Waals surface area contributed by atoms with Crippen LogP contribution in [0.3, 0.4) is 0 Å². The number of benzene rings is 1. The van der Waals surface area contributed by atoms with Gasteiger partial charge in [-0.25, -0.2) is 0 Å². The van der Waals surface area contributed by atoms with Crippen LogP contribution in [0.2, 0.25) is 0 Å². The molecule has 0 aromatic heterocycles. The topological polar surface area (TPSA) is 3.24 Å². The quantitative estimate of drug-likeness (QED) is 0.643. The van der Waals surface area contributed by atoms with E-state index in [1.54, 1.807) is 11.1 Å². The van der Waals surface area contributed by atoms with Gasteiger partial charge in [0.15, 0.2) is 0 Å². The van der Waals surface area contributed by atoms with Crippen molar-refractivity contribution in [1.29, 1.82) is 0 Å². The van der Waals surface area contributed by atoms with E-state index in [0.29, 0.717) is 0 Å². The van der Waals surface area contributed by atoms with Crippen molar-refractivity contribution in [2.24, 2.45) is 5.92 Å². The molecule has 2 aliphatic rings. The third-order valence-corrected chi connectivity index (χ3v) is 4.41. The normalized spacial score (nSPS) is 30.3. The average Bonchev–Trinajstić information content (AvgIpc) is 2.47. The van der Waals surface area contributed by atoms with Crippen molar-refractivity contribution in [2.75, 3.05) is 20.1 Å². The minimum absolute atomic E-state index is 0.842. The van der Waals surface area contributed by atoms with Gasteiger partial charge in [0, 0.05) is 6.54 Å². The van der Waals surface area contributed by atoms with E-state index in [1.807, 2.05) is 0 Å². The molecule has 86 valence electrons. The zero-order valence-electron chi connectivity index (χ0n) is 10.2. The number of piperidine rings is 1. The van der Waals surface area contributed by atoms with Gasteiger partial charge in [-0.3, -0.25) is 0 Å². The van der Waals surface area contributed by atoms with E-state index in [-0.39, 0.29) is 0 Å². The first-order chi connectivity index (χ1) is 7.84. The predicted octanol–water partition coefficient (Wildman–Crippen LogP) is 3.06. The van der Waals surface area contributed by atoms with Crippen LogP contribution in [0, 0.1) is 5.92 Å². The van der Waals surface area contributed by atoms with Gasteiger partial charge in [0.2, 0.25) is 0 Å². The number of aryl methyl sites for hydroxylation is 1. The second-order valence-corrected chi connectivity index (χ2v) is 5.51. The molecule has 1 heterocycles. The van der Waals surface area contributed by atoms with Gasteiger partial charge >= 0.3 is 0 Å². The molecular weight excluding hydrogens is 194 g/mol. The third kappa shape index (κ3) is 1.78. The molecule has 1 fully saturated rings. The summed E-state index contributed by atoms with van der Waals surface area (Å²) in [6, 6.07) is 9.15. The van der Waals surface area contributed by atoms with Crippen LogP contribution in [0.25, 0.3) is 0 Å². The van der Waals surface area contributed by atoms with Gasteiger partial charge in [0.1, 0.15) is 0 Å². The zero-order valence-corrected chi connectivity index (χ0v) is 10.2. The summed E-state index contributed by atoms with van der Waals surface area (Å²) in [5, 5.41) is 0. The van der Waals surface area contributed by atoms with Crippen molar-refractivity contribution < 1.29 is 0 Å². The summed E-state index contributed by atoms with van der Waals surface area (Å²) >= 11 is 0. The van der Waals surface area contributed by atoms with Crippen molar-refractivity contribution in [2.45, 2.75) is 31.6 Å². The fraction of sp³-hybridized carbons (Fsp3) is 0.600. The lowest BCUT2D eigenvalue weighted by molar-refractivity contribution is 0.177. The molecule has 0 amide bonds. The van der Waals surface area contributed by atoms with E-state index in [1.165, 1.54) is 38.8 Å². The second-order valence-electron chi connectivity index (χ2n) is 5.51. The zero-order chi connectivity index (χ0) is 11.0. The standard InChI is InChI=1S/C15H21N/c1-16-10-9-15-13(11-16)7-4-6-12-5-2-3-8-14(12)15/h2-3,5,8,13,15H,4,6-7,9-11H2,1H3. The Labute approximate surface area is 98.5 Å². The highest BCUT2D eigenvalue weighted by Gasteiger charge is 2.31. The van der Waals surface area contributed by atoms with Crippen molar-refractivity contribution >= 4 is 0 Å². The van der Waals surface area contributed by atoms with Gasteiger partial charge in [0.25, 0.3) is 0 Å². The molecule has 0 bridgehead atoms. The van der Waals surface area contributed by atoms with Crippen LogP contribution in [0.4, 0.5) is 0 Å². The first-order valence-electron chi connectivity index (χ1n) is 6.61. The number of fused-ring (bicyclic) bond motifs is 3. The number of likely N-dealkylation sites (tertiary alicyclic amines) is 1. The summed E-state index contributed by atoms with van der Waals surface area (Å²) in [7, 11) is 2.27. The van der Waals surface area contributed by atoms with E-state index in [4.69, 9.17) is 0 Å². The fourth-order valence-corrected chi connectivity index (χ4v) is 3.59. The highest BCUT2D eigenvalue weighted by Crippen LogP contribution is 2.39. The van der Waals surface area contributed by atoms with Crippen LogP contribution in [-0.2, 0) is 6.42 Å². The monoisotopic (exact) mass is 215 g/mol. The first-order valence-corrected chi connectivity index (χ1v) is 6.61. The molecule has 1 aliphatic carbocycles. The molecule has 1 aliphatic heterocycles. The van der Waals surface area contributed by atoms with E-state index < -0.39 is 0 Å². The number of rotatable bonds is 0. The summed E-state index contributed by atoms with van der Waals surface area (Å²) in [6.07, 6.45) is 5.46. The molecule has 1 aromatic carbocycles. The molecule has 0 saturated carbocycles. The highest BCUT2D eigenvalue weighted by molar-refractivity contribution is 5.32. The van der Waals surface area contributed by atoms with E-state index >= 15 is 0 Å². The maximum absolute atomic E-state index is 2.51. The number of hydrogen-bond acceptors (Lipinski definition) is 1. The van der Waals surface area contributed by atoms with Crippen LogP contribution in [0.5, 0.6) is 0 Å². The van der Waals surface area contributed by atoms with E-state index in [2.05, 4.69) is 36.2 Å². The molecule has 16 heavy (non-hydrogen) atoms. The smallest absolute Gasteiger partial charge is 0.00125 e. The molecular formula is C15H21N. The fourth-order valence-electron chi connectivity index (χ4n) is 3.59. The lowest BCUT2D eigenvalue weighted by Crippen LogP contribution is -2.36. The number of hydrogen-bond donors (Lipinski definition) is 0. The Hall–Kier alpha value is -0.820. The van der Waals surface area contributed by atoms with Crippen molar-refractivity contribution in [1.82, 2.24) is 4.90 Å². The SMILES string of the molecule is CN1CCC2c3ccccc3CCCC2C1. The largest absolute Gasteiger partial charge is 0.306 e. The summed E-state index contributed by atoms with van der Waals surface area (Å²) in [6.45, 7) is 2.58. The lowest BCUT2D eigenvalue weighted by Gasteiger charge is -2.36. The minimum atomic E-state index is 0.842. The Bertz CT molecular complexity index is 371. The number of nitrogens with zero attached hydrogens (tertiary/aromatic N) is 1. The lowest BCUT2D eigenvalue weighted by atomic mass is 9.79. The maximum atomic E-state index is 2.51. The van der Waals surface area contributed by atoms with E-state index in [9.17, 15) is 0 Å². The van der Waals surface area contributed by atoms with Crippen molar-refractivity contribution in [3.05, 3.63) is 35.4 Å². The van der Waals surface area contributed by atoms with Crippen LogP contribution >= 0.6 is 0 Å². The van der Waals surface area contributed by atoms with Gasteiger partial charge in [-0.15, -0.1) is 0 Å². The second kappa shape index (κ2) is 4.21. The van der Waals surface area contributed by atoms with Crippen LogP contribution in [0.1, 0.15) is 36.3 Å².